The minimum atomic E-state index is -3.73. The summed E-state index contributed by atoms with van der Waals surface area (Å²) in [7, 11) is -2.14. The molecule has 0 saturated heterocycles. The molecule has 152 valence electrons. The maximum absolute atomic E-state index is 12.4. The second kappa shape index (κ2) is 9.50. The van der Waals surface area contributed by atoms with Crippen molar-refractivity contribution in [2.45, 2.75) is 4.90 Å². The monoisotopic (exact) mass is 433 g/mol. The number of ether oxygens (including phenoxy) is 2. The van der Waals surface area contributed by atoms with Crippen LogP contribution in [0.3, 0.4) is 0 Å². The number of sulfonamides is 1. The van der Waals surface area contributed by atoms with Crippen LogP contribution in [0.4, 0.5) is 10.8 Å². The van der Waals surface area contributed by atoms with E-state index in [9.17, 15) is 13.2 Å². The largest absolute Gasteiger partial charge is 0.491 e. The maximum Gasteiger partial charge on any atom is 0.263 e. The highest BCUT2D eigenvalue weighted by Crippen LogP contribution is 2.20. The number of methoxy groups -OCH3 is 1. The molecule has 0 aliphatic heterocycles. The van der Waals surface area contributed by atoms with E-state index in [1.54, 1.807) is 36.8 Å². The number of carbonyl (C=O) groups is 1. The van der Waals surface area contributed by atoms with Gasteiger partial charge in [-0.2, -0.15) is 0 Å². The minimum absolute atomic E-state index is 0.0725. The van der Waals surface area contributed by atoms with Crippen LogP contribution in [0.5, 0.6) is 5.75 Å². The smallest absolute Gasteiger partial charge is 0.263 e. The molecule has 0 saturated carbocycles. The van der Waals surface area contributed by atoms with Crippen LogP contribution in [0.15, 0.2) is 65.0 Å². The molecule has 0 aliphatic rings. The van der Waals surface area contributed by atoms with Crippen LogP contribution in [-0.2, 0) is 14.8 Å². The fourth-order valence-corrected chi connectivity index (χ4v) is 4.10. The molecular formula is C19H19N3O5S2. The molecule has 0 radical (unpaired) electrons. The summed E-state index contributed by atoms with van der Waals surface area (Å²) in [5.74, 6) is 0.325. The van der Waals surface area contributed by atoms with E-state index in [1.807, 2.05) is 0 Å². The highest BCUT2D eigenvalue weighted by molar-refractivity contribution is 7.93. The second-order valence-corrected chi connectivity index (χ2v) is 8.36. The Balaban J connectivity index is 1.61. The molecule has 0 bridgehead atoms. The molecule has 3 aromatic rings. The van der Waals surface area contributed by atoms with Crippen molar-refractivity contribution in [1.29, 1.82) is 0 Å². The number of amides is 1. The van der Waals surface area contributed by atoms with Crippen molar-refractivity contribution in [2.24, 2.45) is 0 Å². The second-order valence-electron chi connectivity index (χ2n) is 5.79. The third-order valence-electron chi connectivity index (χ3n) is 3.75. The Labute approximate surface area is 172 Å². The van der Waals surface area contributed by atoms with Gasteiger partial charge in [0.25, 0.3) is 15.9 Å². The number of benzene rings is 2. The van der Waals surface area contributed by atoms with Crippen LogP contribution in [0.1, 0.15) is 10.4 Å². The molecule has 0 unspecified atom stereocenters. The fraction of sp³-hybridized carbons (Fsp3) is 0.158. The van der Waals surface area contributed by atoms with E-state index >= 15 is 0 Å². The first kappa shape index (κ1) is 20.8. The molecular weight excluding hydrogens is 414 g/mol. The van der Waals surface area contributed by atoms with Crippen LogP contribution in [-0.4, -0.2) is 39.6 Å². The van der Waals surface area contributed by atoms with Gasteiger partial charge in [0.2, 0.25) is 0 Å². The van der Waals surface area contributed by atoms with Gasteiger partial charge in [-0.25, -0.2) is 13.4 Å². The van der Waals surface area contributed by atoms with Gasteiger partial charge in [0.1, 0.15) is 12.4 Å². The molecule has 8 nitrogen and oxygen atoms in total. The molecule has 1 aromatic heterocycles. The number of thiazole rings is 1. The molecule has 0 aliphatic carbocycles. The fourth-order valence-electron chi connectivity index (χ4n) is 2.31. The molecule has 10 heteroatoms. The van der Waals surface area contributed by atoms with E-state index in [0.29, 0.717) is 30.2 Å². The lowest BCUT2D eigenvalue weighted by atomic mass is 10.2. The Hall–Kier alpha value is -2.95. The molecule has 1 amide bonds. The van der Waals surface area contributed by atoms with E-state index < -0.39 is 10.0 Å². The summed E-state index contributed by atoms with van der Waals surface area (Å²) in [6, 6.07) is 12.6. The lowest BCUT2D eigenvalue weighted by Gasteiger charge is -2.09. The minimum Gasteiger partial charge on any atom is -0.491 e. The zero-order valence-corrected chi connectivity index (χ0v) is 17.1. The first-order chi connectivity index (χ1) is 14.0. The topological polar surface area (TPSA) is 107 Å². The van der Waals surface area contributed by atoms with Gasteiger partial charge in [0, 0.05) is 29.9 Å². The Kier molecular flexibility index (Phi) is 6.81. The summed E-state index contributed by atoms with van der Waals surface area (Å²) in [4.78, 5) is 16.3. The zero-order valence-electron chi connectivity index (χ0n) is 15.5. The van der Waals surface area contributed by atoms with E-state index in [2.05, 4.69) is 15.0 Å². The van der Waals surface area contributed by atoms with Gasteiger partial charge in [0.15, 0.2) is 5.13 Å². The third-order valence-corrected chi connectivity index (χ3v) is 5.92. The van der Waals surface area contributed by atoms with Crippen molar-refractivity contribution < 1.29 is 22.7 Å². The quantitative estimate of drug-likeness (QED) is 0.502. The van der Waals surface area contributed by atoms with Gasteiger partial charge in [-0.05, 0) is 48.5 Å². The molecule has 2 aromatic carbocycles. The van der Waals surface area contributed by atoms with Gasteiger partial charge in [0.05, 0.1) is 11.5 Å². The molecule has 29 heavy (non-hydrogen) atoms. The van der Waals surface area contributed by atoms with Crippen LogP contribution < -0.4 is 14.8 Å². The number of aromatic nitrogens is 1. The number of carbonyl (C=O) groups excluding carboxylic acids is 1. The standard InChI is InChI=1S/C19H19N3O5S2/c1-26-11-12-27-16-6-2-14(3-7-16)18(23)21-15-4-8-17(9-5-15)29(24,25)22-19-20-10-13-28-19/h2-10,13H,11-12H2,1H3,(H,20,22)(H,21,23). The summed E-state index contributed by atoms with van der Waals surface area (Å²) in [6.07, 6.45) is 1.51. The highest BCUT2D eigenvalue weighted by Gasteiger charge is 2.15. The van der Waals surface area contributed by atoms with Crippen molar-refractivity contribution in [3.63, 3.8) is 0 Å². The normalized spacial score (nSPS) is 11.1. The number of nitrogens with zero attached hydrogens (tertiary/aromatic N) is 1. The number of hydrogen-bond acceptors (Lipinski definition) is 7. The van der Waals surface area contributed by atoms with Gasteiger partial charge in [-0.1, -0.05) is 0 Å². The first-order valence-electron chi connectivity index (χ1n) is 8.53. The average molecular weight is 434 g/mol. The molecule has 2 N–H and O–H groups in total. The highest BCUT2D eigenvalue weighted by atomic mass is 32.2. The van der Waals surface area contributed by atoms with Gasteiger partial charge >= 0.3 is 0 Å². The lowest BCUT2D eigenvalue weighted by Crippen LogP contribution is -2.14. The molecule has 0 spiro atoms. The SMILES string of the molecule is COCCOc1ccc(C(=O)Nc2ccc(S(=O)(=O)Nc3nccs3)cc2)cc1. The lowest BCUT2D eigenvalue weighted by molar-refractivity contribution is 0.102. The summed E-state index contributed by atoms with van der Waals surface area (Å²) in [5, 5.41) is 4.69. The molecule has 3 rings (SSSR count). The number of rotatable bonds is 9. The summed E-state index contributed by atoms with van der Waals surface area (Å²) < 4.78 is 37.4. The van der Waals surface area contributed by atoms with Gasteiger partial charge in [-0.3, -0.25) is 9.52 Å². The van der Waals surface area contributed by atoms with E-state index in [0.717, 1.165) is 0 Å². The van der Waals surface area contributed by atoms with E-state index in [1.165, 1.54) is 41.8 Å². The zero-order chi connectivity index (χ0) is 20.7. The maximum atomic E-state index is 12.4. The number of nitrogens with one attached hydrogen (secondary N) is 2. The van der Waals surface area contributed by atoms with Crippen molar-refractivity contribution in [2.75, 3.05) is 30.4 Å². The van der Waals surface area contributed by atoms with Gasteiger partial charge in [-0.15, -0.1) is 11.3 Å². The summed E-state index contributed by atoms with van der Waals surface area (Å²) in [5.41, 5.74) is 0.926. The molecule has 0 fully saturated rings. The molecule has 0 atom stereocenters. The third kappa shape index (κ3) is 5.76. The summed E-state index contributed by atoms with van der Waals surface area (Å²) in [6.45, 7) is 0.905. The van der Waals surface area contributed by atoms with Crippen LogP contribution >= 0.6 is 11.3 Å². The number of anilines is 2. The van der Waals surface area contributed by atoms with Gasteiger partial charge < -0.3 is 14.8 Å². The Morgan fingerprint density at radius 3 is 2.41 bits per heavy atom. The Morgan fingerprint density at radius 2 is 1.79 bits per heavy atom. The molecule has 1 heterocycles. The van der Waals surface area contributed by atoms with Crippen molar-refractivity contribution in [1.82, 2.24) is 4.98 Å². The van der Waals surface area contributed by atoms with E-state index in [-0.39, 0.29) is 15.9 Å². The van der Waals surface area contributed by atoms with E-state index in [4.69, 9.17) is 9.47 Å². The first-order valence-corrected chi connectivity index (χ1v) is 10.9. The van der Waals surface area contributed by atoms with Crippen LogP contribution in [0.25, 0.3) is 0 Å². The predicted octanol–water partition coefficient (Wildman–Crippen LogP) is 3.22. The number of hydrogen-bond donors (Lipinski definition) is 2. The summed E-state index contributed by atoms with van der Waals surface area (Å²) >= 11 is 1.19. The Morgan fingerprint density at radius 1 is 1.07 bits per heavy atom. The van der Waals surface area contributed by atoms with Crippen LogP contribution in [0.2, 0.25) is 0 Å². The van der Waals surface area contributed by atoms with Crippen LogP contribution in [0, 0.1) is 0 Å². The average Bonchev–Trinajstić information content (AvgIpc) is 3.21. The Bertz CT molecular complexity index is 1030. The predicted molar refractivity (Wildman–Crippen MR) is 111 cm³/mol. The van der Waals surface area contributed by atoms with Crippen molar-refractivity contribution in [3.8, 4) is 5.75 Å². The van der Waals surface area contributed by atoms with Crippen molar-refractivity contribution >= 4 is 38.1 Å². The van der Waals surface area contributed by atoms with Crippen molar-refractivity contribution in [3.05, 3.63) is 65.7 Å².